The molecule has 0 spiro atoms. The van der Waals surface area contributed by atoms with Crippen molar-refractivity contribution in [1.29, 1.82) is 0 Å². The van der Waals surface area contributed by atoms with Crippen LogP contribution in [0.15, 0.2) is 41.0 Å². The Hall–Kier alpha value is -1.51. The highest BCUT2D eigenvalue weighted by atomic mass is 79.9. The molecule has 0 radical (unpaired) electrons. The van der Waals surface area contributed by atoms with Crippen molar-refractivity contribution in [2.75, 3.05) is 7.05 Å². The molecule has 0 aliphatic rings. The summed E-state index contributed by atoms with van der Waals surface area (Å²) in [4.78, 5) is 3.49. The van der Waals surface area contributed by atoms with Crippen molar-refractivity contribution in [1.82, 2.24) is 4.98 Å². The second kappa shape index (κ2) is 7.66. The average Bonchev–Trinajstić information content (AvgIpc) is 2.49. The lowest BCUT2D eigenvalue weighted by Gasteiger charge is -2.22. The number of benzene rings is 1. The van der Waals surface area contributed by atoms with Gasteiger partial charge in [0.25, 0.3) is 0 Å². The number of halogens is 5. The molecule has 22 heavy (non-hydrogen) atoms. The number of hydrogen-bond acceptors (Lipinski definition) is 3. The summed E-state index contributed by atoms with van der Waals surface area (Å²) in [7, 11) is 1.50. The summed E-state index contributed by atoms with van der Waals surface area (Å²) in [6.07, 6.45) is -1.33. The number of rotatable bonds is 3. The molecular formula is C14H13BrF4N2O. The Bertz CT molecular complexity index is 623. The second-order valence-corrected chi connectivity index (χ2v) is 4.97. The minimum Gasteiger partial charge on any atom is -0.382 e. The lowest BCUT2D eigenvalue weighted by atomic mass is 10.00. The van der Waals surface area contributed by atoms with Gasteiger partial charge in [-0.3, -0.25) is 4.98 Å². The first-order chi connectivity index (χ1) is 10.3. The van der Waals surface area contributed by atoms with Gasteiger partial charge in [-0.1, -0.05) is 6.07 Å². The third-order valence-electron chi connectivity index (χ3n) is 2.67. The minimum absolute atomic E-state index is 0.434. The van der Waals surface area contributed by atoms with Crippen LogP contribution in [0.2, 0.25) is 0 Å². The van der Waals surface area contributed by atoms with Gasteiger partial charge in [-0.15, -0.1) is 0 Å². The number of aliphatic hydroxyl groups excluding tert-OH is 1. The lowest BCUT2D eigenvalue weighted by molar-refractivity contribution is -0.122. The van der Waals surface area contributed by atoms with Crippen molar-refractivity contribution in [2.45, 2.75) is 12.0 Å². The van der Waals surface area contributed by atoms with Crippen LogP contribution in [0.3, 0.4) is 0 Å². The topological polar surface area (TPSA) is 59.1 Å². The van der Waals surface area contributed by atoms with E-state index in [1.807, 2.05) is 0 Å². The molecule has 1 unspecified atom stereocenters. The molecule has 0 aliphatic carbocycles. The van der Waals surface area contributed by atoms with Crippen LogP contribution in [0.1, 0.15) is 17.4 Å². The van der Waals surface area contributed by atoms with Crippen LogP contribution in [0, 0.1) is 11.6 Å². The molecule has 0 saturated carbocycles. The van der Waals surface area contributed by atoms with Gasteiger partial charge >= 0.3 is 5.92 Å². The van der Waals surface area contributed by atoms with Gasteiger partial charge in [-0.05, 0) is 41.2 Å². The van der Waals surface area contributed by atoms with Crippen molar-refractivity contribution >= 4 is 15.9 Å². The van der Waals surface area contributed by atoms with Crippen molar-refractivity contribution < 1.29 is 22.7 Å². The van der Waals surface area contributed by atoms with E-state index in [2.05, 4.69) is 26.6 Å². The van der Waals surface area contributed by atoms with Gasteiger partial charge in [0.2, 0.25) is 0 Å². The number of pyridine rings is 1. The van der Waals surface area contributed by atoms with Gasteiger partial charge in [0.15, 0.2) is 6.10 Å². The van der Waals surface area contributed by atoms with E-state index in [1.54, 1.807) is 0 Å². The van der Waals surface area contributed by atoms with Gasteiger partial charge in [0.1, 0.15) is 17.3 Å². The number of aromatic nitrogens is 1. The molecule has 2 aromatic rings. The lowest BCUT2D eigenvalue weighted by Crippen LogP contribution is -2.25. The van der Waals surface area contributed by atoms with Crippen LogP contribution < -0.4 is 5.73 Å². The number of hydrogen-bond donors (Lipinski definition) is 2. The zero-order valence-corrected chi connectivity index (χ0v) is 13.0. The number of nitrogens with two attached hydrogens (primary N) is 1. The molecule has 0 amide bonds. The quantitative estimate of drug-likeness (QED) is 0.800. The van der Waals surface area contributed by atoms with E-state index in [9.17, 15) is 22.7 Å². The highest BCUT2D eigenvalue weighted by molar-refractivity contribution is 9.10. The van der Waals surface area contributed by atoms with Crippen molar-refractivity contribution in [3.63, 3.8) is 0 Å². The van der Waals surface area contributed by atoms with Crippen molar-refractivity contribution in [3.8, 4) is 0 Å². The summed E-state index contributed by atoms with van der Waals surface area (Å²) in [5, 5.41) is 9.68. The Morgan fingerprint density at radius 2 is 1.82 bits per heavy atom. The van der Waals surface area contributed by atoms with Gasteiger partial charge in [-0.25, -0.2) is 8.78 Å². The Labute approximate surface area is 132 Å². The largest absolute Gasteiger partial charge is 0.382 e. The van der Waals surface area contributed by atoms with E-state index >= 15 is 0 Å². The van der Waals surface area contributed by atoms with Gasteiger partial charge in [0, 0.05) is 22.3 Å². The number of alkyl halides is 2. The third-order valence-corrected chi connectivity index (χ3v) is 3.14. The molecule has 0 saturated heterocycles. The maximum Gasteiger partial charge on any atom is 0.319 e. The molecule has 1 aromatic carbocycles. The summed E-state index contributed by atoms with van der Waals surface area (Å²) >= 11 is 3.04. The Morgan fingerprint density at radius 1 is 1.18 bits per heavy atom. The first kappa shape index (κ1) is 18.5. The SMILES string of the molecule is CN.OC(c1ccc(F)cc1F)C(F)(F)c1ccc(Br)cn1. The molecular weight excluding hydrogens is 368 g/mol. The summed E-state index contributed by atoms with van der Waals surface area (Å²) in [6, 6.07) is 4.34. The summed E-state index contributed by atoms with van der Waals surface area (Å²) in [5.74, 6) is -5.96. The van der Waals surface area contributed by atoms with Crippen molar-refractivity contribution in [2.24, 2.45) is 5.73 Å². The normalized spacial score (nSPS) is 12.4. The first-order valence-corrected chi connectivity index (χ1v) is 6.82. The Kier molecular flexibility index (Phi) is 6.46. The fraction of sp³-hybridized carbons (Fsp3) is 0.214. The maximum absolute atomic E-state index is 14.1. The Balaban J connectivity index is 0.00000116. The molecule has 1 aromatic heterocycles. The standard InChI is InChI=1S/C13H8BrF4NO.CH5N/c14-7-1-4-11(19-6-7)13(17,18)12(20)9-3-2-8(15)5-10(9)16;1-2/h1-6,12,20H;2H2,1H3. The van der Waals surface area contributed by atoms with Crippen LogP contribution in [0.25, 0.3) is 0 Å². The molecule has 0 bridgehead atoms. The second-order valence-electron chi connectivity index (χ2n) is 4.05. The maximum atomic E-state index is 14.1. The molecule has 3 nitrogen and oxygen atoms in total. The molecule has 120 valence electrons. The predicted octanol–water partition coefficient (Wildman–Crippen LogP) is 3.52. The first-order valence-electron chi connectivity index (χ1n) is 6.03. The van der Waals surface area contributed by atoms with Crippen LogP contribution in [0.5, 0.6) is 0 Å². The smallest absolute Gasteiger partial charge is 0.319 e. The predicted molar refractivity (Wildman–Crippen MR) is 77.3 cm³/mol. The third kappa shape index (κ3) is 4.02. The zero-order valence-electron chi connectivity index (χ0n) is 11.4. The number of nitrogens with zero attached hydrogens (tertiary/aromatic N) is 1. The summed E-state index contributed by atoms with van der Waals surface area (Å²) in [6.45, 7) is 0. The molecule has 3 N–H and O–H groups in total. The molecule has 0 fully saturated rings. The van der Waals surface area contributed by atoms with Crippen molar-refractivity contribution in [3.05, 3.63) is 63.9 Å². The van der Waals surface area contributed by atoms with E-state index in [0.29, 0.717) is 10.5 Å². The molecule has 8 heteroatoms. The fourth-order valence-electron chi connectivity index (χ4n) is 1.63. The summed E-state index contributed by atoms with van der Waals surface area (Å²) in [5.41, 5.74) is 3.10. The van der Waals surface area contributed by atoms with Gasteiger partial charge in [-0.2, -0.15) is 8.78 Å². The van der Waals surface area contributed by atoms with E-state index in [0.717, 1.165) is 24.4 Å². The van der Waals surface area contributed by atoms with E-state index in [1.165, 1.54) is 13.1 Å². The van der Waals surface area contributed by atoms with Crippen LogP contribution in [-0.4, -0.2) is 17.1 Å². The van der Waals surface area contributed by atoms with Gasteiger partial charge < -0.3 is 10.8 Å². The van der Waals surface area contributed by atoms with Gasteiger partial charge in [0.05, 0.1) is 0 Å². The fourth-order valence-corrected chi connectivity index (χ4v) is 1.87. The zero-order chi connectivity index (χ0) is 16.9. The molecule has 0 aliphatic heterocycles. The highest BCUT2D eigenvalue weighted by Crippen LogP contribution is 2.40. The van der Waals surface area contributed by atoms with Crippen LogP contribution in [0.4, 0.5) is 17.6 Å². The monoisotopic (exact) mass is 380 g/mol. The highest BCUT2D eigenvalue weighted by Gasteiger charge is 2.44. The number of aliphatic hydroxyl groups is 1. The van der Waals surface area contributed by atoms with E-state index in [-0.39, 0.29) is 0 Å². The van der Waals surface area contributed by atoms with E-state index in [4.69, 9.17) is 0 Å². The molecule has 2 rings (SSSR count). The minimum atomic E-state index is -3.81. The van der Waals surface area contributed by atoms with E-state index < -0.39 is 34.9 Å². The molecule has 1 heterocycles. The van der Waals surface area contributed by atoms with Crippen LogP contribution >= 0.6 is 15.9 Å². The Morgan fingerprint density at radius 3 is 2.32 bits per heavy atom. The average molecular weight is 381 g/mol. The molecule has 1 atom stereocenters. The van der Waals surface area contributed by atoms with Crippen LogP contribution in [-0.2, 0) is 5.92 Å². The summed E-state index contributed by atoms with van der Waals surface area (Å²) < 4.78 is 54.8.